The first-order chi connectivity index (χ1) is 8.52. The van der Waals surface area contributed by atoms with E-state index in [9.17, 15) is 4.79 Å². The maximum Gasteiger partial charge on any atom is 0.223 e. The van der Waals surface area contributed by atoms with Crippen molar-refractivity contribution in [2.45, 2.75) is 58.4 Å². The number of nitrogens with zero attached hydrogens (tertiary/aromatic N) is 2. The Balaban J connectivity index is 2.15. The first kappa shape index (κ1) is 13.1. The van der Waals surface area contributed by atoms with Crippen molar-refractivity contribution >= 4 is 5.91 Å². The molecule has 1 aliphatic carbocycles. The average molecular weight is 251 g/mol. The maximum atomic E-state index is 12.0. The number of carbonyl (C=O) groups excluding carboxylic acids is 1. The Kier molecular flexibility index (Phi) is 3.68. The standard InChI is InChI=1S/C13H21N3O2/c1-9(2)8-11(17)15-13(6-4-5-7-13)12-14-10(3)18-16-12/h9H,4-8H2,1-3H3,(H,15,17). The molecule has 0 saturated heterocycles. The van der Waals surface area contributed by atoms with Crippen LogP contribution in [0.15, 0.2) is 4.52 Å². The van der Waals surface area contributed by atoms with Crippen molar-refractivity contribution in [3.63, 3.8) is 0 Å². The number of nitrogens with one attached hydrogen (secondary N) is 1. The van der Waals surface area contributed by atoms with Crippen molar-refractivity contribution in [3.8, 4) is 0 Å². The van der Waals surface area contributed by atoms with Crippen molar-refractivity contribution < 1.29 is 9.32 Å². The minimum absolute atomic E-state index is 0.0781. The quantitative estimate of drug-likeness (QED) is 0.891. The molecule has 0 bridgehead atoms. The van der Waals surface area contributed by atoms with Gasteiger partial charge < -0.3 is 9.84 Å². The molecule has 2 rings (SSSR count). The lowest BCUT2D eigenvalue weighted by Crippen LogP contribution is -2.45. The Hall–Kier alpha value is -1.39. The molecule has 1 aliphatic rings. The highest BCUT2D eigenvalue weighted by atomic mass is 16.5. The smallest absolute Gasteiger partial charge is 0.223 e. The summed E-state index contributed by atoms with van der Waals surface area (Å²) in [4.78, 5) is 16.3. The Morgan fingerprint density at radius 2 is 2.11 bits per heavy atom. The minimum Gasteiger partial charge on any atom is -0.343 e. The summed E-state index contributed by atoms with van der Waals surface area (Å²) in [5.41, 5.74) is -0.399. The van der Waals surface area contributed by atoms with Gasteiger partial charge in [0.1, 0.15) is 5.54 Å². The topological polar surface area (TPSA) is 68.0 Å². The highest BCUT2D eigenvalue weighted by Gasteiger charge is 2.41. The number of hydrogen-bond donors (Lipinski definition) is 1. The van der Waals surface area contributed by atoms with Gasteiger partial charge in [0, 0.05) is 13.3 Å². The van der Waals surface area contributed by atoms with Gasteiger partial charge in [0.2, 0.25) is 11.8 Å². The lowest BCUT2D eigenvalue weighted by Gasteiger charge is -2.27. The molecular weight excluding hydrogens is 230 g/mol. The number of aryl methyl sites for hydroxylation is 1. The van der Waals surface area contributed by atoms with Crippen LogP contribution in [0.3, 0.4) is 0 Å². The Bertz CT molecular complexity index is 420. The number of rotatable bonds is 4. The molecule has 1 aromatic rings. The summed E-state index contributed by atoms with van der Waals surface area (Å²) in [6.45, 7) is 5.86. The van der Waals surface area contributed by atoms with Crippen molar-refractivity contribution in [1.29, 1.82) is 0 Å². The molecule has 0 spiro atoms. The zero-order chi connectivity index (χ0) is 13.2. The Morgan fingerprint density at radius 1 is 1.44 bits per heavy atom. The molecule has 0 aliphatic heterocycles. The van der Waals surface area contributed by atoms with Crippen LogP contribution in [-0.4, -0.2) is 16.0 Å². The highest BCUT2D eigenvalue weighted by molar-refractivity contribution is 5.77. The summed E-state index contributed by atoms with van der Waals surface area (Å²) in [6.07, 6.45) is 4.52. The molecule has 0 aromatic carbocycles. The zero-order valence-electron chi connectivity index (χ0n) is 11.3. The van der Waals surface area contributed by atoms with Crippen LogP contribution in [0, 0.1) is 12.8 Å². The van der Waals surface area contributed by atoms with E-state index < -0.39 is 5.54 Å². The molecule has 18 heavy (non-hydrogen) atoms. The molecule has 1 heterocycles. The van der Waals surface area contributed by atoms with Crippen LogP contribution in [0.1, 0.15) is 57.7 Å². The van der Waals surface area contributed by atoms with Gasteiger partial charge in [-0.25, -0.2) is 0 Å². The third-order valence-electron chi connectivity index (χ3n) is 3.39. The highest BCUT2D eigenvalue weighted by Crippen LogP contribution is 2.37. The van der Waals surface area contributed by atoms with E-state index in [0.29, 0.717) is 24.1 Å². The predicted molar refractivity (Wildman–Crippen MR) is 66.8 cm³/mol. The van der Waals surface area contributed by atoms with Gasteiger partial charge in [0.25, 0.3) is 0 Å². The van der Waals surface area contributed by atoms with Crippen LogP contribution in [0.5, 0.6) is 0 Å². The van der Waals surface area contributed by atoms with E-state index in [2.05, 4.69) is 15.5 Å². The predicted octanol–water partition coefficient (Wildman–Crippen LogP) is 2.31. The number of amides is 1. The van der Waals surface area contributed by atoms with Crippen molar-refractivity contribution in [3.05, 3.63) is 11.7 Å². The molecular formula is C13H21N3O2. The molecule has 1 aromatic heterocycles. The minimum atomic E-state index is -0.399. The molecule has 1 N–H and O–H groups in total. The van der Waals surface area contributed by atoms with Gasteiger partial charge in [-0.05, 0) is 18.8 Å². The maximum absolute atomic E-state index is 12.0. The fourth-order valence-electron chi connectivity index (χ4n) is 2.57. The van der Waals surface area contributed by atoms with E-state index in [1.54, 1.807) is 6.92 Å². The summed E-state index contributed by atoms with van der Waals surface area (Å²) in [6, 6.07) is 0. The van der Waals surface area contributed by atoms with Crippen LogP contribution in [0.25, 0.3) is 0 Å². The second kappa shape index (κ2) is 5.08. The van der Waals surface area contributed by atoms with Gasteiger partial charge in [-0.2, -0.15) is 4.98 Å². The number of carbonyl (C=O) groups is 1. The lowest BCUT2D eigenvalue weighted by molar-refractivity contribution is -0.124. The van der Waals surface area contributed by atoms with Gasteiger partial charge >= 0.3 is 0 Å². The number of hydrogen-bond acceptors (Lipinski definition) is 4. The van der Waals surface area contributed by atoms with Gasteiger partial charge in [-0.1, -0.05) is 31.8 Å². The average Bonchev–Trinajstić information content (AvgIpc) is 2.86. The third kappa shape index (κ3) is 2.71. The fraction of sp³-hybridized carbons (Fsp3) is 0.769. The van der Waals surface area contributed by atoms with E-state index in [1.807, 2.05) is 13.8 Å². The summed E-state index contributed by atoms with van der Waals surface area (Å²) < 4.78 is 5.05. The molecule has 1 saturated carbocycles. The SMILES string of the molecule is Cc1nc(C2(NC(=O)CC(C)C)CCCC2)no1. The van der Waals surface area contributed by atoms with E-state index in [4.69, 9.17) is 4.52 Å². The second-order valence-corrected chi connectivity index (χ2v) is 5.57. The summed E-state index contributed by atoms with van der Waals surface area (Å²) in [5, 5.41) is 7.13. The van der Waals surface area contributed by atoms with Crippen LogP contribution in [0.2, 0.25) is 0 Å². The van der Waals surface area contributed by atoms with Gasteiger partial charge in [0.15, 0.2) is 5.82 Å². The van der Waals surface area contributed by atoms with Crippen molar-refractivity contribution in [2.24, 2.45) is 5.92 Å². The summed E-state index contributed by atoms with van der Waals surface area (Å²) >= 11 is 0. The molecule has 100 valence electrons. The molecule has 1 fully saturated rings. The molecule has 0 radical (unpaired) electrons. The first-order valence-corrected chi connectivity index (χ1v) is 6.64. The van der Waals surface area contributed by atoms with Crippen molar-refractivity contribution in [1.82, 2.24) is 15.5 Å². The zero-order valence-corrected chi connectivity index (χ0v) is 11.3. The molecule has 5 nitrogen and oxygen atoms in total. The van der Waals surface area contributed by atoms with Crippen LogP contribution < -0.4 is 5.32 Å². The molecule has 0 atom stereocenters. The monoisotopic (exact) mass is 251 g/mol. The Labute approximate surface area is 107 Å². The van der Waals surface area contributed by atoms with E-state index in [1.165, 1.54) is 0 Å². The fourth-order valence-corrected chi connectivity index (χ4v) is 2.57. The first-order valence-electron chi connectivity index (χ1n) is 6.64. The molecule has 1 amide bonds. The summed E-state index contributed by atoms with van der Waals surface area (Å²) in [5.74, 6) is 1.62. The van der Waals surface area contributed by atoms with Gasteiger partial charge in [0.05, 0.1) is 0 Å². The third-order valence-corrected chi connectivity index (χ3v) is 3.39. The van der Waals surface area contributed by atoms with Crippen LogP contribution >= 0.6 is 0 Å². The van der Waals surface area contributed by atoms with Gasteiger partial charge in [-0.3, -0.25) is 4.79 Å². The van der Waals surface area contributed by atoms with Crippen LogP contribution in [-0.2, 0) is 10.3 Å². The molecule has 5 heteroatoms. The Morgan fingerprint density at radius 3 is 2.61 bits per heavy atom. The van der Waals surface area contributed by atoms with E-state index in [-0.39, 0.29) is 5.91 Å². The van der Waals surface area contributed by atoms with Gasteiger partial charge in [-0.15, -0.1) is 0 Å². The molecule has 0 unspecified atom stereocenters. The second-order valence-electron chi connectivity index (χ2n) is 5.57. The van der Waals surface area contributed by atoms with E-state index in [0.717, 1.165) is 25.7 Å². The lowest BCUT2D eigenvalue weighted by atomic mass is 9.95. The number of aromatic nitrogens is 2. The van der Waals surface area contributed by atoms with Crippen LogP contribution in [0.4, 0.5) is 0 Å². The van der Waals surface area contributed by atoms with Crippen molar-refractivity contribution in [2.75, 3.05) is 0 Å². The van der Waals surface area contributed by atoms with E-state index >= 15 is 0 Å². The largest absolute Gasteiger partial charge is 0.343 e. The normalized spacial score (nSPS) is 18.2. The summed E-state index contributed by atoms with van der Waals surface area (Å²) in [7, 11) is 0.